The zero-order valence-electron chi connectivity index (χ0n) is 12.7. The van der Waals surface area contributed by atoms with Gasteiger partial charge in [-0.3, -0.25) is 18.7 Å². The molecular formula is C18H16N2O3. The fourth-order valence-electron chi connectivity index (χ4n) is 2.66. The first-order valence-corrected chi connectivity index (χ1v) is 7.44. The molecular weight excluding hydrogens is 292 g/mol. The quantitative estimate of drug-likeness (QED) is 0.693. The molecule has 0 N–H and O–H groups in total. The van der Waals surface area contributed by atoms with Crippen LogP contribution in [-0.4, -0.2) is 14.9 Å². The number of aromatic nitrogens is 2. The Morgan fingerprint density at radius 2 is 1.57 bits per heavy atom. The van der Waals surface area contributed by atoms with Gasteiger partial charge in [-0.25, -0.2) is 4.79 Å². The normalized spacial score (nSPS) is 10.8. The van der Waals surface area contributed by atoms with E-state index >= 15 is 0 Å². The number of nitrogens with zero attached hydrogens (tertiary/aromatic N) is 2. The Labute approximate surface area is 132 Å². The summed E-state index contributed by atoms with van der Waals surface area (Å²) in [7, 11) is 0. The number of ketones is 1. The molecule has 1 heterocycles. The molecule has 0 aliphatic heterocycles. The Hall–Kier alpha value is -2.95. The molecule has 0 atom stereocenters. The predicted octanol–water partition coefficient (Wildman–Crippen LogP) is 2.07. The third-order valence-electron chi connectivity index (χ3n) is 3.85. The monoisotopic (exact) mass is 308 g/mol. The second kappa shape index (κ2) is 6.04. The molecule has 0 aliphatic carbocycles. The van der Waals surface area contributed by atoms with Gasteiger partial charge in [-0.1, -0.05) is 42.5 Å². The summed E-state index contributed by atoms with van der Waals surface area (Å²) in [5, 5.41) is 0.440. The fraction of sp³-hybridized carbons (Fsp3) is 0.167. The van der Waals surface area contributed by atoms with E-state index in [9.17, 15) is 14.4 Å². The lowest BCUT2D eigenvalue weighted by Gasteiger charge is -2.12. The molecule has 0 aliphatic rings. The van der Waals surface area contributed by atoms with E-state index in [-0.39, 0.29) is 24.4 Å². The maximum Gasteiger partial charge on any atom is 0.331 e. The first kappa shape index (κ1) is 15.0. The van der Waals surface area contributed by atoms with Gasteiger partial charge in [-0.05, 0) is 19.1 Å². The van der Waals surface area contributed by atoms with E-state index in [0.717, 1.165) is 4.57 Å². The van der Waals surface area contributed by atoms with Crippen molar-refractivity contribution in [2.24, 2.45) is 0 Å². The van der Waals surface area contributed by atoms with E-state index in [1.807, 2.05) is 6.07 Å². The molecule has 0 saturated heterocycles. The van der Waals surface area contributed by atoms with Crippen LogP contribution in [0.15, 0.2) is 64.2 Å². The number of rotatable bonds is 4. The summed E-state index contributed by atoms with van der Waals surface area (Å²) >= 11 is 0. The summed E-state index contributed by atoms with van der Waals surface area (Å²) in [4.78, 5) is 37.4. The summed E-state index contributed by atoms with van der Waals surface area (Å²) in [6.45, 7) is 1.91. The molecule has 3 rings (SSSR count). The van der Waals surface area contributed by atoms with Crippen LogP contribution in [0.2, 0.25) is 0 Å². The van der Waals surface area contributed by atoms with Gasteiger partial charge in [-0.15, -0.1) is 0 Å². The Kier molecular flexibility index (Phi) is 3.93. The van der Waals surface area contributed by atoms with E-state index < -0.39 is 5.69 Å². The molecule has 0 radical (unpaired) electrons. The molecule has 0 spiro atoms. The highest BCUT2D eigenvalue weighted by molar-refractivity contribution is 5.96. The average molecular weight is 308 g/mol. The van der Waals surface area contributed by atoms with E-state index in [4.69, 9.17) is 0 Å². The SMILES string of the molecule is CCn1c(=O)c2ccccc2n(CC(=O)c2ccccc2)c1=O. The molecule has 3 aromatic rings. The highest BCUT2D eigenvalue weighted by atomic mass is 16.2. The largest absolute Gasteiger partial charge is 0.331 e. The second-order valence-corrected chi connectivity index (χ2v) is 5.22. The molecule has 2 aromatic carbocycles. The maximum atomic E-state index is 12.6. The minimum absolute atomic E-state index is 0.0936. The van der Waals surface area contributed by atoms with Gasteiger partial charge in [0.15, 0.2) is 5.78 Å². The zero-order valence-corrected chi connectivity index (χ0v) is 12.7. The first-order chi connectivity index (χ1) is 11.1. The Morgan fingerprint density at radius 3 is 2.26 bits per heavy atom. The van der Waals surface area contributed by atoms with Crippen LogP contribution in [-0.2, 0) is 13.1 Å². The van der Waals surface area contributed by atoms with Crippen LogP contribution < -0.4 is 11.2 Å². The number of Topliss-reactive ketones (excluding diaryl/α,β-unsaturated/α-hetero) is 1. The Balaban J connectivity index is 2.19. The number of benzene rings is 2. The second-order valence-electron chi connectivity index (χ2n) is 5.22. The van der Waals surface area contributed by atoms with Crippen LogP contribution >= 0.6 is 0 Å². The number of para-hydroxylation sites is 1. The zero-order chi connectivity index (χ0) is 16.4. The van der Waals surface area contributed by atoms with Gasteiger partial charge in [0.1, 0.15) is 0 Å². The lowest BCUT2D eigenvalue weighted by molar-refractivity contribution is 0.0971. The standard InChI is InChI=1S/C18H16N2O3/c1-2-19-17(22)14-10-6-7-11-15(14)20(18(19)23)12-16(21)13-8-4-3-5-9-13/h3-11H,2,12H2,1H3. The molecule has 0 bridgehead atoms. The van der Waals surface area contributed by atoms with Crippen LogP contribution in [0, 0.1) is 0 Å². The number of carbonyl (C=O) groups is 1. The molecule has 5 nitrogen and oxygen atoms in total. The van der Waals surface area contributed by atoms with E-state index in [0.29, 0.717) is 16.5 Å². The molecule has 0 unspecified atom stereocenters. The lowest BCUT2D eigenvalue weighted by atomic mass is 10.1. The van der Waals surface area contributed by atoms with E-state index in [2.05, 4.69) is 0 Å². The smallest absolute Gasteiger partial charge is 0.292 e. The molecule has 0 fully saturated rings. The van der Waals surface area contributed by atoms with Gasteiger partial charge >= 0.3 is 5.69 Å². The highest BCUT2D eigenvalue weighted by Gasteiger charge is 2.15. The van der Waals surface area contributed by atoms with Crippen molar-refractivity contribution >= 4 is 16.7 Å². The molecule has 23 heavy (non-hydrogen) atoms. The van der Waals surface area contributed by atoms with Crippen molar-refractivity contribution in [3.63, 3.8) is 0 Å². The predicted molar refractivity (Wildman–Crippen MR) is 88.9 cm³/mol. The number of carbonyl (C=O) groups excluding carboxylic acids is 1. The highest BCUT2D eigenvalue weighted by Crippen LogP contribution is 2.09. The third kappa shape index (κ3) is 2.61. The average Bonchev–Trinajstić information content (AvgIpc) is 2.59. The summed E-state index contributed by atoms with van der Waals surface area (Å²) in [6.07, 6.45) is 0. The molecule has 116 valence electrons. The van der Waals surface area contributed by atoms with Crippen molar-refractivity contribution in [1.82, 2.24) is 9.13 Å². The minimum atomic E-state index is -0.458. The van der Waals surface area contributed by atoms with Crippen molar-refractivity contribution in [3.05, 3.63) is 81.0 Å². The lowest BCUT2D eigenvalue weighted by Crippen LogP contribution is -2.40. The Morgan fingerprint density at radius 1 is 0.913 bits per heavy atom. The topological polar surface area (TPSA) is 61.1 Å². The first-order valence-electron chi connectivity index (χ1n) is 7.44. The molecule has 1 aromatic heterocycles. The van der Waals surface area contributed by atoms with Crippen molar-refractivity contribution in [2.75, 3.05) is 0 Å². The van der Waals surface area contributed by atoms with Crippen LogP contribution in [0.1, 0.15) is 17.3 Å². The summed E-state index contributed by atoms with van der Waals surface area (Å²) < 4.78 is 2.52. The number of hydrogen-bond acceptors (Lipinski definition) is 3. The van der Waals surface area contributed by atoms with Crippen LogP contribution in [0.5, 0.6) is 0 Å². The van der Waals surface area contributed by atoms with Crippen molar-refractivity contribution in [3.8, 4) is 0 Å². The van der Waals surface area contributed by atoms with E-state index in [1.165, 1.54) is 4.57 Å². The molecule has 0 saturated carbocycles. The molecule has 5 heteroatoms. The Bertz CT molecular complexity index is 985. The van der Waals surface area contributed by atoms with Crippen LogP contribution in [0.3, 0.4) is 0 Å². The van der Waals surface area contributed by atoms with E-state index in [1.54, 1.807) is 55.5 Å². The van der Waals surface area contributed by atoms with Crippen molar-refractivity contribution in [2.45, 2.75) is 20.0 Å². The number of hydrogen-bond donors (Lipinski definition) is 0. The van der Waals surface area contributed by atoms with Crippen LogP contribution in [0.4, 0.5) is 0 Å². The summed E-state index contributed by atoms with van der Waals surface area (Å²) in [6, 6.07) is 15.7. The molecule has 0 amide bonds. The fourth-order valence-corrected chi connectivity index (χ4v) is 2.66. The van der Waals surface area contributed by atoms with Gasteiger partial charge in [0.2, 0.25) is 0 Å². The van der Waals surface area contributed by atoms with Gasteiger partial charge in [-0.2, -0.15) is 0 Å². The van der Waals surface area contributed by atoms with Crippen LogP contribution in [0.25, 0.3) is 10.9 Å². The van der Waals surface area contributed by atoms with Gasteiger partial charge < -0.3 is 0 Å². The van der Waals surface area contributed by atoms with Gasteiger partial charge in [0, 0.05) is 12.1 Å². The third-order valence-corrected chi connectivity index (χ3v) is 3.85. The van der Waals surface area contributed by atoms with Crippen molar-refractivity contribution < 1.29 is 4.79 Å². The summed E-state index contributed by atoms with van der Waals surface area (Å²) in [5.74, 6) is -0.167. The maximum absolute atomic E-state index is 12.6. The van der Waals surface area contributed by atoms with Gasteiger partial charge in [0.05, 0.1) is 17.4 Å². The number of fused-ring (bicyclic) bond motifs is 1. The minimum Gasteiger partial charge on any atom is -0.292 e. The van der Waals surface area contributed by atoms with Gasteiger partial charge in [0.25, 0.3) is 5.56 Å². The summed E-state index contributed by atoms with van der Waals surface area (Å²) in [5.41, 5.74) is 0.242. The van der Waals surface area contributed by atoms with Crippen molar-refractivity contribution in [1.29, 1.82) is 0 Å².